The molecule has 82 valence electrons. The van der Waals surface area contributed by atoms with Crippen molar-refractivity contribution in [2.75, 3.05) is 19.8 Å². The highest BCUT2D eigenvalue weighted by atomic mass is 79.9. The number of hydrogen-bond acceptors (Lipinski definition) is 2. The third-order valence-electron chi connectivity index (χ3n) is 2.34. The van der Waals surface area contributed by atoms with Crippen molar-refractivity contribution in [1.29, 1.82) is 0 Å². The Morgan fingerprint density at radius 1 is 1.33 bits per heavy atom. The summed E-state index contributed by atoms with van der Waals surface area (Å²) in [6.07, 6.45) is 0. The summed E-state index contributed by atoms with van der Waals surface area (Å²) in [7, 11) is 0. The van der Waals surface area contributed by atoms with E-state index in [-0.39, 0.29) is 10.5 Å². The summed E-state index contributed by atoms with van der Waals surface area (Å²) >= 11 is 2.94. The Morgan fingerprint density at radius 3 is 2.80 bits per heavy atom. The van der Waals surface area contributed by atoms with Crippen LogP contribution in [0.25, 0.3) is 0 Å². The molecule has 1 saturated heterocycles. The smallest absolute Gasteiger partial charge is 0.137 e. The molecule has 1 unspecified atom stereocenters. The Labute approximate surface area is 94.7 Å². The lowest BCUT2D eigenvalue weighted by atomic mass is 10.1. The van der Waals surface area contributed by atoms with E-state index in [0.29, 0.717) is 25.3 Å². The Hall–Kier alpha value is -0.520. The van der Waals surface area contributed by atoms with Crippen molar-refractivity contribution >= 4 is 15.9 Å². The largest absolute Gasteiger partial charge is 0.378 e. The number of halogens is 3. The number of morpholine rings is 1. The minimum absolute atomic E-state index is 0.139. The van der Waals surface area contributed by atoms with Gasteiger partial charge in [-0.3, -0.25) is 0 Å². The van der Waals surface area contributed by atoms with Gasteiger partial charge in [-0.25, -0.2) is 8.78 Å². The van der Waals surface area contributed by atoms with E-state index in [0.717, 1.165) is 6.07 Å². The first-order chi connectivity index (χ1) is 7.18. The summed E-state index contributed by atoms with van der Waals surface area (Å²) in [5, 5.41) is 3.08. The van der Waals surface area contributed by atoms with Crippen molar-refractivity contribution in [2.24, 2.45) is 0 Å². The topological polar surface area (TPSA) is 21.3 Å². The molecule has 15 heavy (non-hydrogen) atoms. The molecule has 0 aromatic heterocycles. The van der Waals surface area contributed by atoms with Crippen molar-refractivity contribution in [3.63, 3.8) is 0 Å². The van der Waals surface area contributed by atoms with Crippen molar-refractivity contribution in [3.05, 3.63) is 33.8 Å². The van der Waals surface area contributed by atoms with Crippen LogP contribution in [-0.2, 0) is 4.74 Å². The molecule has 1 heterocycles. The quantitative estimate of drug-likeness (QED) is 0.796. The number of ether oxygens (including phenoxy) is 1. The van der Waals surface area contributed by atoms with Crippen LogP contribution in [0.4, 0.5) is 8.78 Å². The molecule has 1 N–H and O–H groups in total. The lowest BCUT2D eigenvalue weighted by Crippen LogP contribution is -2.35. The maximum absolute atomic E-state index is 13.5. The normalized spacial score (nSPS) is 21.7. The van der Waals surface area contributed by atoms with Crippen LogP contribution in [-0.4, -0.2) is 19.8 Å². The van der Waals surface area contributed by atoms with Crippen LogP contribution >= 0.6 is 15.9 Å². The molecule has 0 saturated carbocycles. The van der Waals surface area contributed by atoms with Gasteiger partial charge in [0.1, 0.15) is 11.6 Å². The molecule has 0 radical (unpaired) electrons. The van der Waals surface area contributed by atoms with E-state index < -0.39 is 11.6 Å². The van der Waals surface area contributed by atoms with E-state index in [2.05, 4.69) is 21.2 Å². The Bertz CT molecular complexity index is 367. The molecule has 1 aliphatic rings. The van der Waals surface area contributed by atoms with Gasteiger partial charge in [-0.1, -0.05) is 0 Å². The fraction of sp³-hybridized carbons (Fsp3) is 0.400. The van der Waals surface area contributed by atoms with E-state index >= 15 is 0 Å². The maximum atomic E-state index is 13.5. The first kappa shape index (κ1) is 11.0. The van der Waals surface area contributed by atoms with Crippen LogP contribution in [0, 0.1) is 11.6 Å². The predicted molar refractivity (Wildman–Crippen MR) is 55.6 cm³/mol. The van der Waals surface area contributed by atoms with Crippen LogP contribution < -0.4 is 5.32 Å². The Kier molecular flexibility index (Phi) is 3.33. The first-order valence-corrected chi connectivity index (χ1v) is 5.43. The third-order valence-corrected chi connectivity index (χ3v) is 2.94. The van der Waals surface area contributed by atoms with Gasteiger partial charge in [0.2, 0.25) is 0 Å². The summed E-state index contributed by atoms with van der Waals surface area (Å²) in [5.41, 5.74) is 0.315. The fourth-order valence-electron chi connectivity index (χ4n) is 1.57. The zero-order valence-corrected chi connectivity index (χ0v) is 9.48. The molecule has 1 aliphatic heterocycles. The summed E-state index contributed by atoms with van der Waals surface area (Å²) in [6.45, 7) is 1.64. The van der Waals surface area contributed by atoms with Crippen molar-refractivity contribution in [3.8, 4) is 0 Å². The summed E-state index contributed by atoms with van der Waals surface area (Å²) in [6, 6.07) is 2.08. The van der Waals surface area contributed by atoms with Crippen LogP contribution in [0.1, 0.15) is 11.6 Å². The molecular weight excluding hydrogens is 268 g/mol. The van der Waals surface area contributed by atoms with Crippen LogP contribution in [0.5, 0.6) is 0 Å². The van der Waals surface area contributed by atoms with E-state index in [1.807, 2.05) is 0 Å². The average molecular weight is 278 g/mol. The van der Waals surface area contributed by atoms with Gasteiger partial charge in [-0.15, -0.1) is 0 Å². The van der Waals surface area contributed by atoms with Crippen molar-refractivity contribution in [2.45, 2.75) is 6.04 Å². The number of benzene rings is 1. The first-order valence-electron chi connectivity index (χ1n) is 4.64. The summed E-state index contributed by atoms with van der Waals surface area (Å²) in [5.74, 6) is -0.884. The third kappa shape index (κ3) is 2.35. The van der Waals surface area contributed by atoms with Crippen LogP contribution in [0.3, 0.4) is 0 Å². The number of rotatable bonds is 1. The second-order valence-electron chi connectivity index (χ2n) is 3.37. The molecule has 5 heteroatoms. The van der Waals surface area contributed by atoms with Crippen molar-refractivity contribution < 1.29 is 13.5 Å². The number of hydrogen-bond donors (Lipinski definition) is 1. The Morgan fingerprint density at radius 2 is 2.13 bits per heavy atom. The SMILES string of the molecule is Fc1cc(C2COCCN2)c(F)cc1Br. The molecule has 0 bridgehead atoms. The highest BCUT2D eigenvalue weighted by molar-refractivity contribution is 9.10. The predicted octanol–water partition coefficient (Wildman–Crippen LogP) is 2.39. The van der Waals surface area contributed by atoms with Gasteiger partial charge >= 0.3 is 0 Å². The minimum Gasteiger partial charge on any atom is -0.378 e. The summed E-state index contributed by atoms with van der Waals surface area (Å²) < 4.78 is 32.1. The second-order valence-corrected chi connectivity index (χ2v) is 4.22. The fourth-order valence-corrected chi connectivity index (χ4v) is 1.89. The zero-order chi connectivity index (χ0) is 10.8. The monoisotopic (exact) mass is 277 g/mol. The molecule has 1 aromatic rings. The van der Waals surface area contributed by atoms with Gasteiger partial charge in [-0.2, -0.15) is 0 Å². The lowest BCUT2D eigenvalue weighted by Gasteiger charge is -2.24. The molecule has 1 atom stereocenters. The lowest BCUT2D eigenvalue weighted by molar-refractivity contribution is 0.0756. The van der Waals surface area contributed by atoms with E-state index in [4.69, 9.17) is 4.74 Å². The van der Waals surface area contributed by atoms with Crippen LogP contribution in [0.2, 0.25) is 0 Å². The molecular formula is C10H10BrF2NO. The molecule has 0 amide bonds. The maximum Gasteiger partial charge on any atom is 0.137 e. The summed E-state index contributed by atoms with van der Waals surface area (Å²) in [4.78, 5) is 0. The average Bonchev–Trinajstić information content (AvgIpc) is 2.25. The molecule has 0 spiro atoms. The second kappa shape index (κ2) is 4.55. The molecule has 0 aliphatic carbocycles. The van der Waals surface area contributed by atoms with Gasteiger partial charge in [0.25, 0.3) is 0 Å². The van der Waals surface area contributed by atoms with Gasteiger partial charge in [0.15, 0.2) is 0 Å². The number of nitrogens with one attached hydrogen (secondary N) is 1. The molecule has 2 nitrogen and oxygen atoms in total. The van der Waals surface area contributed by atoms with Gasteiger partial charge < -0.3 is 10.1 Å². The van der Waals surface area contributed by atoms with Crippen LogP contribution in [0.15, 0.2) is 16.6 Å². The van der Waals surface area contributed by atoms with E-state index in [9.17, 15) is 8.78 Å². The van der Waals surface area contributed by atoms with Crippen molar-refractivity contribution in [1.82, 2.24) is 5.32 Å². The van der Waals surface area contributed by atoms with E-state index in [1.54, 1.807) is 0 Å². The zero-order valence-electron chi connectivity index (χ0n) is 7.90. The molecule has 1 fully saturated rings. The van der Waals surface area contributed by atoms with Gasteiger partial charge in [-0.05, 0) is 28.1 Å². The Balaban J connectivity index is 2.30. The molecule has 2 rings (SSSR count). The van der Waals surface area contributed by atoms with E-state index in [1.165, 1.54) is 6.07 Å². The molecule has 1 aromatic carbocycles. The highest BCUT2D eigenvalue weighted by Crippen LogP contribution is 2.25. The highest BCUT2D eigenvalue weighted by Gasteiger charge is 2.20. The minimum atomic E-state index is -0.459. The van der Waals surface area contributed by atoms with Gasteiger partial charge in [0, 0.05) is 12.1 Å². The standard InChI is InChI=1S/C10H10BrF2NO/c11-7-4-8(12)6(3-9(7)13)10-5-15-2-1-14-10/h3-4,10,14H,1-2,5H2. The van der Waals surface area contributed by atoms with Gasteiger partial charge in [0.05, 0.1) is 23.7 Å².